The summed E-state index contributed by atoms with van der Waals surface area (Å²) in [5.74, 6) is -0.0880. The number of rotatable bonds is 2. The maximum Gasteiger partial charge on any atom is 0.193 e. The Labute approximate surface area is 124 Å². The maximum atomic E-state index is 12.3. The van der Waals surface area contributed by atoms with Crippen molar-refractivity contribution in [3.8, 4) is 0 Å². The molecule has 0 N–H and O–H groups in total. The van der Waals surface area contributed by atoms with Crippen LogP contribution in [0.5, 0.6) is 0 Å². The van der Waals surface area contributed by atoms with Gasteiger partial charge in [-0.05, 0) is 48.9 Å². The van der Waals surface area contributed by atoms with Crippen LogP contribution in [0.15, 0.2) is 40.9 Å². The summed E-state index contributed by atoms with van der Waals surface area (Å²) in [4.78, 5) is 12.3. The molecule has 0 aliphatic heterocycles. The van der Waals surface area contributed by atoms with E-state index in [-0.39, 0.29) is 5.78 Å². The average molecular weight is 344 g/mol. The van der Waals surface area contributed by atoms with Crippen molar-refractivity contribution in [3.63, 3.8) is 0 Å². The Morgan fingerprint density at radius 1 is 1.00 bits per heavy atom. The highest BCUT2D eigenvalue weighted by molar-refractivity contribution is 9.10. The predicted molar refractivity (Wildman–Crippen MR) is 78.8 cm³/mol. The molecular weight excluding hydrogens is 335 g/mol. The van der Waals surface area contributed by atoms with Gasteiger partial charge in [0.05, 0.1) is 0 Å². The van der Waals surface area contributed by atoms with Gasteiger partial charge in [-0.25, -0.2) is 0 Å². The number of halogens is 3. The smallest absolute Gasteiger partial charge is 0.193 e. The van der Waals surface area contributed by atoms with E-state index in [0.29, 0.717) is 21.2 Å². The largest absolute Gasteiger partial charge is 0.289 e. The fourth-order valence-electron chi connectivity index (χ4n) is 1.64. The van der Waals surface area contributed by atoms with Crippen molar-refractivity contribution in [1.29, 1.82) is 0 Å². The van der Waals surface area contributed by atoms with Crippen molar-refractivity contribution in [3.05, 3.63) is 67.6 Å². The van der Waals surface area contributed by atoms with Crippen LogP contribution in [0.25, 0.3) is 0 Å². The number of hydrogen-bond acceptors (Lipinski definition) is 1. The van der Waals surface area contributed by atoms with Gasteiger partial charge in [0.2, 0.25) is 0 Å². The first-order valence-electron chi connectivity index (χ1n) is 5.24. The zero-order valence-corrected chi connectivity index (χ0v) is 12.6. The van der Waals surface area contributed by atoms with Gasteiger partial charge in [0.25, 0.3) is 0 Å². The summed E-state index contributed by atoms with van der Waals surface area (Å²) in [5.41, 5.74) is 2.12. The second-order valence-corrected chi connectivity index (χ2v) is 5.68. The molecule has 0 fully saturated rings. The number of carbonyl (C=O) groups excluding carboxylic acids is 1. The van der Waals surface area contributed by atoms with E-state index in [1.807, 2.05) is 19.1 Å². The second-order valence-electron chi connectivity index (χ2n) is 3.95. The Morgan fingerprint density at radius 3 is 2.17 bits per heavy atom. The van der Waals surface area contributed by atoms with Gasteiger partial charge < -0.3 is 0 Å². The molecule has 0 spiro atoms. The molecule has 0 aliphatic rings. The molecule has 2 aromatic carbocycles. The predicted octanol–water partition coefficient (Wildman–Crippen LogP) is 5.30. The van der Waals surface area contributed by atoms with Crippen molar-refractivity contribution >= 4 is 44.9 Å². The molecule has 0 aromatic heterocycles. The van der Waals surface area contributed by atoms with Gasteiger partial charge in [-0.2, -0.15) is 0 Å². The average Bonchev–Trinajstić information content (AvgIpc) is 2.30. The van der Waals surface area contributed by atoms with Crippen molar-refractivity contribution in [2.45, 2.75) is 6.92 Å². The summed E-state index contributed by atoms with van der Waals surface area (Å²) in [7, 11) is 0. The van der Waals surface area contributed by atoms with Crippen LogP contribution in [-0.4, -0.2) is 5.78 Å². The van der Waals surface area contributed by atoms with Crippen LogP contribution in [0, 0.1) is 6.92 Å². The highest BCUT2D eigenvalue weighted by Crippen LogP contribution is 2.23. The van der Waals surface area contributed by atoms with E-state index in [0.717, 1.165) is 10.0 Å². The van der Waals surface area contributed by atoms with Gasteiger partial charge in [0, 0.05) is 25.6 Å². The van der Waals surface area contributed by atoms with Gasteiger partial charge in [-0.1, -0.05) is 39.1 Å². The zero-order chi connectivity index (χ0) is 13.3. The summed E-state index contributed by atoms with van der Waals surface area (Å²) < 4.78 is 0.975. The van der Waals surface area contributed by atoms with E-state index in [4.69, 9.17) is 23.2 Å². The van der Waals surface area contributed by atoms with Gasteiger partial charge in [-0.3, -0.25) is 4.79 Å². The first-order chi connectivity index (χ1) is 8.47. The van der Waals surface area contributed by atoms with E-state index in [9.17, 15) is 4.79 Å². The fourth-order valence-corrected chi connectivity index (χ4v) is 2.41. The van der Waals surface area contributed by atoms with Crippen LogP contribution in [0.4, 0.5) is 0 Å². The van der Waals surface area contributed by atoms with Crippen molar-refractivity contribution in [2.24, 2.45) is 0 Å². The van der Waals surface area contributed by atoms with Crippen LogP contribution in [0.1, 0.15) is 21.5 Å². The molecule has 92 valence electrons. The van der Waals surface area contributed by atoms with Crippen molar-refractivity contribution < 1.29 is 4.79 Å². The van der Waals surface area contributed by atoms with Gasteiger partial charge >= 0.3 is 0 Å². The molecule has 0 atom stereocenters. The quantitative estimate of drug-likeness (QED) is 0.676. The van der Waals surface area contributed by atoms with Crippen LogP contribution in [0.2, 0.25) is 10.0 Å². The van der Waals surface area contributed by atoms with Crippen molar-refractivity contribution in [1.82, 2.24) is 0 Å². The zero-order valence-electron chi connectivity index (χ0n) is 9.51. The van der Waals surface area contributed by atoms with Crippen LogP contribution in [-0.2, 0) is 0 Å². The first-order valence-corrected chi connectivity index (χ1v) is 6.79. The van der Waals surface area contributed by atoms with Crippen LogP contribution >= 0.6 is 39.1 Å². The molecule has 0 saturated heterocycles. The minimum Gasteiger partial charge on any atom is -0.289 e. The Hall–Kier alpha value is -0.830. The molecule has 0 heterocycles. The molecule has 0 amide bonds. The Kier molecular flexibility index (Phi) is 4.10. The van der Waals surface area contributed by atoms with Gasteiger partial charge in [-0.15, -0.1) is 0 Å². The topological polar surface area (TPSA) is 17.1 Å². The molecule has 0 bridgehead atoms. The molecule has 2 aromatic rings. The van der Waals surface area contributed by atoms with E-state index in [1.54, 1.807) is 24.3 Å². The summed E-state index contributed by atoms with van der Waals surface area (Å²) in [5, 5.41) is 0.916. The van der Waals surface area contributed by atoms with Crippen LogP contribution < -0.4 is 0 Å². The molecule has 0 unspecified atom stereocenters. The summed E-state index contributed by atoms with van der Waals surface area (Å²) in [6, 6.07) is 10.3. The molecule has 18 heavy (non-hydrogen) atoms. The highest BCUT2D eigenvalue weighted by atomic mass is 79.9. The SMILES string of the molecule is Cc1cc(C(=O)c2cc(Cl)cc(Cl)c2)ccc1Br. The lowest BCUT2D eigenvalue weighted by molar-refractivity contribution is 0.103. The van der Waals surface area contributed by atoms with Crippen molar-refractivity contribution in [2.75, 3.05) is 0 Å². The minimum absolute atomic E-state index is 0.0880. The lowest BCUT2D eigenvalue weighted by atomic mass is 10.0. The van der Waals surface area contributed by atoms with Gasteiger partial charge in [0.15, 0.2) is 5.78 Å². The third kappa shape index (κ3) is 2.94. The molecule has 1 nitrogen and oxygen atoms in total. The number of benzene rings is 2. The monoisotopic (exact) mass is 342 g/mol. The van der Waals surface area contributed by atoms with E-state index >= 15 is 0 Å². The van der Waals surface area contributed by atoms with Crippen LogP contribution in [0.3, 0.4) is 0 Å². The maximum absolute atomic E-state index is 12.3. The molecule has 4 heteroatoms. The third-order valence-corrected chi connectivity index (χ3v) is 3.87. The normalized spacial score (nSPS) is 10.4. The fraction of sp³-hybridized carbons (Fsp3) is 0.0714. The summed E-state index contributed by atoms with van der Waals surface area (Å²) in [6.45, 7) is 1.94. The minimum atomic E-state index is -0.0880. The molecule has 0 radical (unpaired) electrons. The Morgan fingerprint density at radius 2 is 1.61 bits per heavy atom. The Balaban J connectivity index is 2.44. The molecule has 0 saturated carbocycles. The molecule has 0 aliphatic carbocycles. The standard InChI is InChI=1S/C14H9BrCl2O/c1-8-4-9(2-3-13(8)15)14(18)10-5-11(16)7-12(17)6-10/h2-7H,1H3. The lowest BCUT2D eigenvalue weighted by Crippen LogP contribution is -2.01. The molecular formula is C14H9BrCl2O. The second kappa shape index (κ2) is 5.43. The number of carbonyl (C=O) groups is 1. The highest BCUT2D eigenvalue weighted by Gasteiger charge is 2.11. The molecule has 2 rings (SSSR count). The lowest BCUT2D eigenvalue weighted by Gasteiger charge is -2.05. The first kappa shape index (κ1) is 13.6. The number of aryl methyl sites for hydroxylation is 1. The number of hydrogen-bond donors (Lipinski definition) is 0. The van der Waals surface area contributed by atoms with E-state index in [2.05, 4.69) is 15.9 Å². The van der Waals surface area contributed by atoms with E-state index in [1.165, 1.54) is 0 Å². The third-order valence-electron chi connectivity index (χ3n) is 2.54. The number of ketones is 1. The Bertz CT molecular complexity index is 603. The summed E-state index contributed by atoms with van der Waals surface area (Å²) >= 11 is 15.2. The van der Waals surface area contributed by atoms with E-state index < -0.39 is 0 Å². The summed E-state index contributed by atoms with van der Waals surface area (Å²) in [6.07, 6.45) is 0. The van der Waals surface area contributed by atoms with Gasteiger partial charge in [0.1, 0.15) is 0 Å².